The van der Waals surface area contributed by atoms with Crippen LogP contribution in [0.1, 0.15) is 23.2 Å². The summed E-state index contributed by atoms with van der Waals surface area (Å²) in [4.78, 5) is 33.1. The molecule has 0 unspecified atom stereocenters. The van der Waals surface area contributed by atoms with Gasteiger partial charge in [-0.05, 0) is 67.3 Å². The third kappa shape index (κ3) is 6.63. The summed E-state index contributed by atoms with van der Waals surface area (Å²) >= 11 is 6.09. The number of nitrogens with one attached hydrogen (secondary N) is 1. The first-order chi connectivity index (χ1) is 19.9. The van der Waals surface area contributed by atoms with Crippen molar-refractivity contribution in [3.05, 3.63) is 83.5 Å². The number of rotatable bonds is 11. The van der Waals surface area contributed by atoms with Crippen molar-refractivity contribution in [3.8, 4) is 34.2 Å². The van der Waals surface area contributed by atoms with E-state index in [0.717, 1.165) is 18.4 Å². The summed E-state index contributed by atoms with van der Waals surface area (Å²) < 4.78 is 17.8. The minimum absolute atomic E-state index is 0.115. The molecule has 5 rings (SSSR count). The highest BCUT2D eigenvalue weighted by Gasteiger charge is 2.29. The smallest absolute Gasteiger partial charge is 0.254 e. The maximum absolute atomic E-state index is 13.4. The third-order valence-corrected chi connectivity index (χ3v) is 7.13. The molecule has 1 fully saturated rings. The number of ether oxygens (including phenoxy) is 3. The number of aromatic nitrogens is 2. The van der Waals surface area contributed by atoms with Crippen LogP contribution in [0.2, 0.25) is 5.02 Å². The van der Waals surface area contributed by atoms with E-state index in [1.54, 1.807) is 79.3 Å². The molecule has 41 heavy (non-hydrogen) atoms. The van der Waals surface area contributed by atoms with Gasteiger partial charge in [0.15, 0.2) is 11.5 Å². The van der Waals surface area contributed by atoms with Crippen LogP contribution in [0.15, 0.2) is 72.9 Å². The van der Waals surface area contributed by atoms with Gasteiger partial charge in [0, 0.05) is 35.0 Å². The zero-order chi connectivity index (χ0) is 28.9. The van der Waals surface area contributed by atoms with Crippen LogP contribution in [0, 0.1) is 5.92 Å². The lowest BCUT2D eigenvalue weighted by Gasteiger charge is -2.22. The summed E-state index contributed by atoms with van der Waals surface area (Å²) in [7, 11) is 4.70. The van der Waals surface area contributed by atoms with E-state index in [-0.39, 0.29) is 18.4 Å². The second-order valence-corrected chi connectivity index (χ2v) is 10.2. The largest absolute Gasteiger partial charge is 0.497 e. The first-order valence-corrected chi connectivity index (χ1v) is 13.6. The van der Waals surface area contributed by atoms with Crippen LogP contribution in [0.5, 0.6) is 17.2 Å². The van der Waals surface area contributed by atoms with Crippen LogP contribution in [0.25, 0.3) is 16.9 Å². The molecule has 3 aromatic carbocycles. The van der Waals surface area contributed by atoms with Gasteiger partial charge >= 0.3 is 0 Å². The number of imidazole rings is 1. The van der Waals surface area contributed by atoms with Crippen molar-refractivity contribution in [1.82, 2.24) is 14.5 Å². The lowest BCUT2D eigenvalue weighted by Crippen LogP contribution is -2.39. The minimum atomic E-state index is -0.359. The van der Waals surface area contributed by atoms with Crippen molar-refractivity contribution in [2.24, 2.45) is 5.92 Å². The molecule has 0 bridgehead atoms. The van der Waals surface area contributed by atoms with Crippen LogP contribution in [0.4, 0.5) is 5.95 Å². The van der Waals surface area contributed by atoms with Crippen LogP contribution >= 0.6 is 11.6 Å². The number of carbonyl (C=O) groups excluding carboxylic acids is 2. The van der Waals surface area contributed by atoms with E-state index in [1.807, 2.05) is 24.4 Å². The van der Waals surface area contributed by atoms with Gasteiger partial charge in [-0.25, -0.2) is 4.98 Å². The lowest BCUT2D eigenvalue weighted by molar-refractivity contribution is -0.117. The summed E-state index contributed by atoms with van der Waals surface area (Å²) in [6.07, 6.45) is 3.91. The molecule has 1 heterocycles. The van der Waals surface area contributed by atoms with Gasteiger partial charge in [0.05, 0.1) is 32.7 Å². The molecule has 1 aliphatic carbocycles. The fourth-order valence-electron chi connectivity index (χ4n) is 4.48. The Hall–Kier alpha value is -4.50. The average molecular weight is 575 g/mol. The molecule has 10 heteroatoms. The van der Waals surface area contributed by atoms with Gasteiger partial charge in [-0.3, -0.25) is 19.5 Å². The highest BCUT2D eigenvalue weighted by atomic mass is 35.5. The Morgan fingerprint density at radius 1 is 0.951 bits per heavy atom. The number of amides is 2. The summed E-state index contributed by atoms with van der Waals surface area (Å²) in [5.74, 6) is 1.90. The van der Waals surface area contributed by atoms with E-state index in [0.29, 0.717) is 57.6 Å². The van der Waals surface area contributed by atoms with E-state index in [1.165, 1.54) is 0 Å². The molecule has 212 valence electrons. The first-order valence-electron chi connectivity index (χ1n) is 13.2. The van der Waals surface area contributed by atoms with Gasteiger partial charge in [-0.15, -0.1) is 0 Å². The Morgan fingerprint density at radius 2 is 1.66 bits per heavy atom. The fraction of sp³-hybridized carbons (Fsp3) is 0.258. The highest BCUT2D eigenvalue weighted by Crippen LogP contribution is 2.33. The van der Waals surface area contributed by atoms with Crippen molar-refractivity contribution in [3.63, 3.8) is 0 Å². The molecule has 0 aliphatic heterocycles. The van der Waals surface area contributed by atoms with Gasteiger partial charge < -0.3 is 19.1 Å². The maximum atomic E-state index is 13.4. The van der Waals surface area contributed by atoms with Crippen LogP contribution in [-0.4, -0.2) is 60.7 Å². The second kappa shape index (κ2) is 12.3. The number of halogens is 1. The Balaban J connectivity index is 1.43. The molecule has 1 aliphatic rings. The van der Waals surface area contributed by atoms with Crippen molar-refractivity contribution >= 4 is 29.4 Å². The highest BCUT2D eigenvalue weighted by molar-refractivity contribution is 6.30. The predicted molar refractivity (Wildman–Crippen MR) is 157 cm³/mol. The molecule has 1 saturated carbocycles. The topological polar surface area (TPSA) is 94.9 Å². The monoisotopic (exact) mass is 574 g/mol. The summed E-state index contributed by atoms with van der Waals surface area (Å²) in [5.41, 5.74) is 2.66. The average Bonchev–Trinajstić information content (AvgIpc) is 3.73. The zero-order valence-corrected chi connectivity index (χ0v) is 23.9. The van der Waals surface area contributed by atoms with E-state index in [9.17, 15) is 9.59 Å². The lowest BCUT2D eigenvalue weighted by atomic mass is 10.2. The Morgan fingerprint density at radius 3 is 2.29 bits per heavy atom. The van der Waals surface area contributed by atoms with E-state index < -0.39 is 0 Å². The number of hydrogen-bond acceptors (Lipinski definition) is 6. The molecular formula is C31H31ClN4O5. The Labute approximate surface area is 243 Å². The zero-order valence-electron chi connectivity index (χ0n) is 23.1. The van der Waals surface area contributed by atoms with E-state index >= 15 is 0 Å². The normalized spacial score (nSPS) is 12.5. The molecule has 0 saturated heterocycles. The molecule has 4 aromatic rings. The molecule has 1 N–H and O–H groups in total. The van der Waals surface area contributed by atoms with Crippen LogP contribution in [0.3, 0.4) is 0 Å². The van der Waals surface area contributed by atoms with Crippen molar-refractivity contribution < 1.29 is 23.8 Å². The third-order valence-electron chi connectivity index (χ3n) is 6.88. The van der Waals surface area contributed by atoms with Crippen molar-refractivity contribution in [1.29, 1.82) is 0 Å². The first kappa shape index (κ1) is 28.0. The number of carbonyl (C=O) groups is 2. The summed E-state index contributed by atoms with van der Waals surface area (Å²) in [5, 5.41) is 3.54. The standard InChI is InChI=1S/C31H31ClN4O5/c1-39-25-13-8-22(9-14-25)30(38)35(17-20-4-5-20)19-29(37)34-31-33-26(21-6-10-23(32)11-7-21)18-36(31)24-12-15-27(40-2)28(16-24)41-3/h6-16,18,20H,4-5,17,19H2,1-3H3,(H,33,34,37). The van der Waals surface area contributed by atoms with E-state index in [2.05, 4.69) is 5.32 Å². The molecule has 0 radical (unpaired) electrons. The Bertz CT molecular complexity index is 1530. The molecular weight excluding hydrogens is 544 g/mol. The van der Waals surface area contributed by atoms with Crippen LogP contribution < -0.4 is 19.5 Å². The minimum Gasteiger partial charge on any atom is -0.497 e. The van der Waals surface area contributed by atoms with Crippen LogP contribution in [-0.2, 0) is 4.79 Å². The van der Waals surface area contributed by atoms with Gasteiger partial charge in [-0.2, -0.15) is 0 Å². The molecule has 0 atom stereocenters. The number of hydrogen-bond donors (Lipinski definition) is 1. The molecule has 0 spiro atoms. The number of methoxy groups -OCH3 is 3. The van der Waals surface area contributed by atoms with Gasteiger partial charge in [0.1, 0.15) is 12.3 Å². The van der Waals surface area contributed by atoms with Gasteiger partial charge in [-0.1, -0.05) is 23.7 Å². The van der Waals surface area contributed by atoms with Crippen molar-refractivity contribution in [2.75, 3.05) is 39.7 Å². The van der Waals surface area contributed by atoms with Gasteiger partial charge in [0.25, 0.3) is 5.91 Å². The number of nitrogens with zero attached hydrogens (tertiary/aromatic N) is 3. The number of benzene rings is 3. The molecule has 9 nitrogen and oxygen atoms in total. The van der Waals surface area contributed by atoms with E-state index in [4.69, 9.17) is 30.8 Å². The molecule has 2 amide bonds. The summed E-state index contributed by atoms with van der Waals surface area (Å²) in [6.45, 7) is 0.398. The van der Waals surface area contributed by atoms with Gasteiger partial charge in [0.2, 0.25) is 11.9 Å². The Kier molecular flexibility index (Phi) is 8.45. The quantitative estimate of drug-likeness (QED) is 0.247. The second-order valence-electron chi connectivity index (χ2n) is 9.77. The maximum Gasteiger partial charge on any atom is 0.254 e. The SMILES string of the molecule is COc1ccc(C(=O)N(CC(=O)Nc2nc(-c3ccc(Cl)cc3)cn2-c2ccc(OC)c(OC)c2)CC2CC2)cc1. The fourth-order valence-corrected chi connectivity index (χ4v) is 4.61. The number of anilines is 1. The predicted octanol–water partition coefficient (Wildman–Crippen LogP) is 5.71. The molecule has 1 aromatic heterocycles. The van der Waals surface area contributed by atoms with Crippen molar-refractivity contribution in [2.45, 2.75) is 12.8 Å². The summed E-state index contributed by atoms with van der Waals surface area (Å²) in [6, 6.07) is 19.6.